The molecule has 0 spiro atoms. The Morgan fingerprint density at radius 3 is 2.14 bits per heavy atom. The van der Waals surface area contributed by atoms with E-state index < -0.39 is 12.1 Å². The number of carbonyl (C=O) groups is 2. The Labute approximate surface area is 123 Å². The van der Waals surface area contributed by atoms with Gasteiger partial charge in [0, 0.05) is 12.0 Å². The van der Waals surface area contributed by atoms with E-state index in [1.54, 1.807) is 24.3 Å². The van der Waals surface area contributed by atoms with Crippen molar-refractivity contribution in [3.05, 3.63) is 71.3 Å². The number of Topliss-reactive ketones (excluding diaryl/α,β-unsaturated/α-hetero) is 1. The lowest BCUT2D eigenvalue weighted by Gasteiger charge is -2.10. The minimum Gasteiger partial charge on any atom is -0.465 e. The fourth-order valence-corrected chi connectivity index (χ4v) is 2.00. The predicted octanol–water partition coefficient (Wildman–Crippen LogP) is 2.78. The molecule has 0 aliphatic heterocycles. The van der Waals surface area contributed by atoms with Crippen molar-refractivity contribution in [2.24, 2.45) is 0 Å². The van der Waals surface area contributed by atoms with Gasteiger partial charge in [-0.3, -0.25) is 4.79 Å². The van der Waals surface area contributed by atoms with Crippen molar-refractivity contribution < 1.29 is 19.4 Å². The van der Waals surface area contributed by atoms with Crippen LogP contribution in [0.4, 0.5) is 0 Å². The summed E-state index contributed by atoms with van der Waals surface area (Å²) in [5, 5.41) is 10.0. The third kappa shape index (κ3) is 3.77. The summed E-state index contributed by atoms with van der Waals surface area (Å²) in [4.78, 5) is 23.4. The van der Waals surface area contributed by atoms with Crippen molar-refractivity contribution in [3.63, 3.8) is 0 Å². The van der Waals surface area contributed by atoms with Crippen LogP contribution in [0.2, 0.25) is 0 Å². The van der Waals surface area contributed by atoms with Crippen molar-refractivity contribution in [2.45, 2.75) is 12.5 Å². The lowest BCUT2D eigenvalue weighted by Crippen LogP contribution is -2.08. The molecule has 4 nitrogen and oxygen atoms in total. The van der Waals surface area contributed by atoms with Crippen LogP contribution in [0.25, 0.3) is 0 Å². The summed E-state index contributed by atoms with van der Waals surface area (Å²) in [5.41, 5.74) is 1.55. The third-order valence-electron chi connectivity index (χ3n) is 3.19. The second kappa shape index (κ2) is 6.81. The number of hydrogen-bond donors (Lipinski definition) is 1. The molecule has 1 N–H and O–H groups in total. The molecule has 0 fully saturated rings. The number of ketones is 1. The maximum absolute atomic E-state index is 12.1. The Kier molecular flexibility index (Phi) is 4.85. The molecule has 21 heavy (non-hydrogen) atoms. The number of aliphatic hydroxyl groups is 1. The fraction of sp³-hybridized carbons (Fsp3) is 0.176. The number of ether oxygens (including phenoxy) is 1. The van der Waals surface area contributed by atoms with E-state index in [0.29, 0.717) is 16.7 Å². The third-order valence-corrected chi connectivity index (χ3v) is 3.19. The van der Waals surface area contributed by atoms with E-state index in [1.165, 1.54) is 19.2 Å². The number of carbonyl (C=O) groups excluding carboxylic acids is 2. The van der Waals surface area contributed by atoms with Gasteiger partial charge in [-0.15, -0.1) is 0 Å². The highest BCUT2D eigenvalue weighted by atomic mass is 16.5. The highest BCUT2D eigenvalue weighted by Gasteiger charge is 2.15. The van der Waals surface area contributed by atoms with Crippen LogP contribution in [0.3, 0.4) is 0 Å². The van der Waals surface area contributed by atoms with Crippen LogP contribution in [0.15, 0.2) is 54.6 Å². The van der Waals surface area contributed by atoms with Gasteiger partial charge in [-0.25, -0.2) is 4.79 Å². The molecule has 0 amide bonds. The van der Waals surface area contributed by atoms with Gasteiger partial charge in [-0.05, 0) is 17.7 Å². The highest BCUT2D eigenvalue weighted by Crippen LogP contribution is 2.19. The average molecular weight is 284 g/mol. The van der Waals surface area contributed by atoms with Crippen LogP contribution >= 0.6 is 0 Å². The number of esters is 1. The molecule has 0 bridgehead atoms. The zero-order valence-corrected chi connectivity index (χ0v) is 11.7. The van der Waals surface area contributed by atoms with Gasteiger partial charge in [0.1, 0.15) is 0 Å². The van der Waals surface area contributed by atoms with E-state index in [2.05, 4.69) is 4.74 Å². The van der Waals surface area contributed by atoms with Crippen molar-refractivity contribution in [3.8, 4) is 0 Å². The smallest absolute Gasteiger partial charge is 0.337 e. The molecule has 2 aromatic carbocycles. The van der Waals surface area contributed by atoms with Crippen LogP contribution < -0.4 is 0 Å². The molecule has 2 aromatic rings. The SMILES string of the molecule is COC(=O)c1ccc(C(=O)CC(O)c2ccccc2)cc1. The van der Waals surface area contributed by atoms with Crippen molar-refractivity contribution >= 4 is 11.8 Å². The number of aliphatic hydroxyl groups excluding tert-OH is 1. The first kappa shape index (κ1) is 14.9. The monoisotopic (exact) mass is 284 g/mol. The molecule has 1 unspecified atom stereocenters. The first-order valence-electron chi connectivity index (χ1n) is 6.56. The van der Waals surface area contributed by atoms with Gasteiger partial charge >= 0.3 is 5.97 Å². The molecule has 0 saturated carbocycles. The first-order chi connectivity index (χ1) is 10.1. The molecular weight excluding hydrogens is 268 g/mol. The molecule has 0 aromatic heterocycles. The fourth-order valence-electron chi connectivity index (χ4n) is 2.00. The summed E-state index contributed by atoms with van der Waals surface area (Å²) in [6, 6.07) is 15.2. The van der Waals surface area contributed by atoms with E-state index in [1.807, 2.05) is 18.2 Å². The zero-order valence-electron chi connectivity index (χ0n) is 11.7. The average Bonchev–Trinajstić information content (AvgIpc) is 2.55. The van der Waals surface area contributed by atoms with E-state index in [0.717, 1.165) is 0 Å². The standard InChI is InChI=1S/C17H16O4/c1-21-17(20)14-9-7-13(8-10-14)16(19)11-15(18)12-5-3-2-4-6-12/h2-10,15,18H,11H2,1H3. The topological polar surface area (TPSA) is 63.6 Å². The molecule has 0 radical (unpaired) electrons. The van der Waals surface area contributed by atoms with Crippen molar-refractivity contribution in [1.29, 1.82) is 0 Å². The minimum atomic E-state index is -0.834. The summed E-state index contributed by atoms with van der Waals surface area (Å²) < 4.78 is 4.60. The van der Waals surface area contributed by atoms with Crippen LogP contribution in [-0.4, -0.2) is 24.0 Å². The molecule has 4 heteroatoms. The van der Waals surface area contributed by atoms with Gasteiger partial charge in [0.05, 0.1) is 18.8 Å². The van der Waals surface area contributed by atoms with Gasteiger partial charge in [0.2, 0.25) is 0 Å². The predicted molar refractivity (Wildman–Crippen MR) is 78.1 cm³/mol. The Morgan fingerprint density at radius 1 is 1.00 bits per heavy atom. The number of hydrogen-bond acceptors (Lipinski definition) is 4. The molecule has 0 aliphatic carbocycles. The van der Waals surface area contributed by atoms with E-state index >= 15 is 0 Å². The van der Waals surface area contributed by atoms with Crippen LogP contribution in [0.5, 0.6) is 0 Å². The quantitative estimate of drug-likeness (QED) is 0.677. The number of rotatable bonds is 5. The summed E-state index contributed by atoms with van der Waals surface area (Å²) in [6.07, 6.45) is -0.833. The zero-order chi connectivity index (χ0) is 15.2. The Balaban J connectivity index is 2.05. The van der Waals surface area contributed by atoms with Crippen molar-refractivity contribution in [1.82, 2.24) is 0 Å². The first-order valence-corrected chi connectivity index (χ1v) is 6.56. The largest absolute Gasteiger partial charge is 0.465 e. The molecule has 0 saturated heterocycles. The van der Waals surface area contributed by atoms with Crippen LogP contribution in [-0.2, 0) is 4.74 Å². The second-order valence-electron chi connectivity index (χ2n) is 4.62. The molecule has 1 atom stereocenters. The summed E-state index contributed by atoms with van der Waals surface area (Å²) >= 11 is 0. The lowest BCUT2D eigenvalue weighted by molar-refractivity contribution is 0.0600. The van der Waals surface area contributed by atoms with Gasteiger partial charge in [0.25, 0.3) is 0 Å². The number of methoxy groups -OCH3 is 1. The summed E-state index contributed by atoms with van der Waals surface area (Å²) in [5.74, 6) is -0.624. The van der Waals surface area contributed by atoms with E-state index in [4.69, 9.17) is 0 Å². The number of benzene rings is 2. The maximum atomic E-state index is 12.1. The molecule has 108 valence electrons. The Bertz CT molecular complexity index is 617. The van der Waals surface area contributed by atoms with Gasteiger partial charge < -0.3 is 9.84 Å². The summed E-state index contributed by atoms with van der Waals surface area (Å²) in [7, 11) is 1.30. The Morgan fingerprint density at radius 2 is 1.57 bits per heavy atom. The lowest BCUT2D eigenvalue weighted by atomic mass is 9.99. The highest BCUT2D eigenvalue weighted by molar-refractivity contribution is 5.97. The van der Waals surface area contributed by atoms with E-state index in [-0.39, 0.29) is 12.2 Å². The maximum Gasteiger partial charge on any atom is 0.337 e. The van der Waals surface area contributed by atoms with Crippen LogP contribution in [0, 0.1) is 0 Å². The van der Waals surface area contributed by atoms with Crippen LogP contribution in [0.1, 0.15) is 38.8 Å². The summed E-state index contributed by atoms with van der Waals surface area (Å²) in [6.45, 7) is 0. The molecule has 0 heterocycles. The van der Waals surface area contributed by atoms with E-state index in [9.17, 15) is 14.7 Å². The van der Waals surface area contributed by atoms with Gasteiger partial charge in [-0.2, -0.15) is 0 Å². The van der Waals surface area contributed by atoms with Gasteiger partial charge in [-0.1, -0.05) is 42.5 Å². The van der Waals surface area contributed by atoms with Crippen molar-refractivity contribution in [2.75, 3.05) is 7.11 Å². The second-order valence-corrected chi connectivity index (χ2v) is 4.62. The molecule has 0 aliphatic rings. The minimum absolute atomic E-state index is 0.00157. The van der Waals surface area contributed by atoms with Gasteiger partial charge in [0.15, 0.2) is 5.78 Å². The normalized spacial score (nSPS) is 11.7. The Hall–Kier alpha value is -2.46. The molecular formula is C17H16O4. The molecule has 2 rings (SSSR count).